The van der Waals surface area contributed by atoms with Gasteiger partial charge in [0, 0.05) is 25.2 Å². The van der Waals surface area contributed by atoms with Crippen LogP contribution >= 0.6 is 11.8 Å². The zero-order valence-corrected chi connectivity index (χ0v) is 12.6. The van der Waals surface area contributed by atoms with Crippen LogP contribution in [0.4, 0.5) is 11.4 Å². The van der Waals surface area contributed by atoms with Crippen molar-refractivity contribution in [3.8, 4) is 0 Å². The van der Waals surface area contributed by atoms with E-state index in [2.05, 4.69) is 5.32 Å². The van der Waals surface area contributed by atoms with E-state index in [0.29, 0.717) is 12.2 Å². The zero-order valence-electron chi connectivity index (χ0n) is 10.9. The molecule has 7 heteroatoms. The van der Waals surface area contributed by atoms with Crippen molar-refractivity contribution in [3.63, 3.8) is 0 Å². The number of anilines is 2. The number of aliphatic hydroxyl groups is 1. The lowest BCUT2D eigenvalue weighted by Gasteiger charge is -2.11. The summed E-state index contributed by atoms with van der Waals surface area (Å²) >= 11 is 1.73. The standard InChI is InChI=1S/C12H20N2O3S2/c1-19(16,17)11-5-2-4-10(12(11)13)14-6-9-18-8-3-7-15/h2,4-5,14-15H,3,6-9,13H2,1H3. The highest BCUT2D eigenvalue weighted by Crippen LogP contribution is 2.26. The lowest BCUT2D eigenvalue weighted by atomic mass is 10.2. The molecule has 108 valence electrons. The van der Waals surface area contributed by atoms with Gasteiger partial charge in [0.2, 0.25) is 0 Å². The largest absolute Gasteiger partial charge is 0.396 e. The van der Waals surface area contributed by atoms with Crippen LogP contribution < -0.4 is 11.1 Å². The molecule has 1 aromatic carbocycles. The quantitative estimate of drug-likeness (QED) is 0.494. The van der Waals surface area contributed by atoms with E-state index in [0.717, 1.165) is 24.2 Å². The van der Waals surface area contributed by atoms with Crippen LogP contribution in [0.25, 0.3) is 0 Å². The number of benzene rings is 1. The van der Waals surface area contributed by atoms with Crippen molar-refractivity contribution in [2.45, 2.75) is 11.3 Å². The van der Waals surface area contributed by atoms with Crippen molar-refractivity contribution in [1.29, 1.82) is 0 Å². The fourth-order valence-electron chi connectivity index (χ4n) is 1.55. The Morgan fingerprint density at radius 2 is 2.11 bits per heavy atom. The average Bonchev–Trinajstić information content (AvgIpc) is 2.34. The number of nitrogens with one attached hydrogen (secondary N) is 1. The Kier molecular flexibility index (Phi) is 6.47. The predicted octanol–water partition coefficient (Wildman–Crippen LogP) is 1.20. The first-order valence-electron chi connectivity index (χ1n) is 5.98. The molecule has 0 fully saturated rings. The van der Waals surface area contributed by atoms with Crippen LogP contribution in [0.3, 0.4) is 0 Å². The van der Waals surface area contributed by atoms with Gasteiger partial charge in [0.15, 0.2) is 9.84 Å². The van der Waals surface area contributed by atoms with Crippen LogP contribution in [0.15, 0.2) is 23.1 Å². The van der Waals surface area contributed by atoms with Gasteiger partial charge in [-0.2, -0.15) is 11.8 Å². The Bertz CT molecular complexity index is 504. The van der Waals surface area contributed by atoms with Crippen molar-refractivity contribution < 1.29 is 13.5 Å². The zero-order chi connectivity index (χ0) is 14.3. The highest BCUT2D eigenvalue weighted by molar-refractivity contribution is 7.99. The van der Waals surface area contributed by atoms with Gasteiger partial charge in [-0.15, -0.1) is 0 Å². The normalized spacial score (nSPS) is 11.5. The number of sulfone groups is 1. The van der Waals surface area contributed by atoms with Gasteiger partial charge in [-0.05, 0) is 24.3 Å². The molecule has 0 aliphatic rings. The molecule has 0 atom stereocenters. The van der Waals surface area contributed by atoms with Crippen molar-refractivity contribution in [3.05, 3.63) is 18.2 Å². The highest BCUT2D eigenvalue weighted by atomic mass is 32.2. The average molecular weight is 304 g/mol. The van der Waals surface area contributed by atoms with Gasteiger partial charge in [0.05, 0.1) is 16.3 Å². The highest BCUT2D eigenvalue weighted by Gasteiger charge is 2.13. The van der Waals surface area contributed by atoms with Gasteiger partial charge < -0.3 is 16.2 Å². The molecule has 19 heavy (non-hydrogen) atoms. The van der Waals surface area contributed by atoms with Gasteiger partial charge in [0.1, 0.15) is 0 Å². The van der Waals surface area contributed by atoms with E-state index in [1.807, 2.05) is 0 Å². The monoisotopic (exact) mass is 304 g/mol. The smallest absolute Gasteiger partial charge is 0.177 e. The van der Waals surface area contributed by atoms with Gasteiger partial charge >= 0.3 is 0 Å². The number of hydrogen-bond donors (Lipinski definition) is 3. The fraction of sp³-hybridized carbons (Fsp3) is 0.500. The first-order chi connectivity index (χ1) is 8.96. The van der Waals surface area contributed by atoms with Crippen molar-refractivity contribution in [1.82, 2.24) is 0 Å². The molecule has 0 spiro atoms. The third-order valence-corrected chi connectivity index (χ3v) is 4.70. The van der Waals surface area contributed by atoms with Crippen LogP contribution in [0.2, 0.25) is 0 Å². The van der Waals surface area contributed by atoms with E-state index in [1.165, 1.54) is 6.07 Å². The minimum absolute atomic E-state index is 0.158. The van der Waals surface area contributed by atoms with Crippen LogP contribution in [0, 0.1) is 0 Å². The molecule has 0 saturated carbocycles. The van der Waals surface area contributed by atoms with E-state index in [9.17, 15) is 8.42 Å². The summed E-state index contributed by atoms with van der Waals surface area (Å²) in [7, 11) is -3.30. The molecular formula is C12H20N2O3S2. The number of nitrogens with two attached hydrogens (primary N) is 1. The second-order valence-electron chi connectivity index (χ2n) is 4.11. The Hall–Kier alpha value is -0.920. The van der Waals surface area contributed by atoms with Crippen molar-refractivity contribution in [2.24, 2.45) is 0 Å². The summed E-state index contributed by atoms with van der Waals surface area (Å²) in [5.41, 5.74) is 6.76. The Balaban J connectivity index is 2.56. The summed E-state index contributed by atoms with van der Waals surface area (Å²) in [5, 5.41) is 11.8. The summed E-state index contributed by atoms with van der Waals surface area (Å²) in [6.45, 7) is 0.914. The van der Waals surface area contributed by atoms with Crippen LogP contribution in [0.1, 0.15) is 6.42 Å². The minimum atomic E-state index is -3.30. The Morgan fingerprint density at radius 3 is 2.74 bits per heavy atom. The third-order valence-electron chi connectivity index (χ3n) is 2.47. The minimum Gasteiger partial charge on any atom is -0.396 e. The number of nitrogen functional groups attached to an aromatic ring is 1. The van der Waals surface area contributed by atoms with Crippen LogP contribution in [0.5, 0.6) is 0 Å². The van der Waals surface area contributed by atoms with Gasteiger partial charge in [-0.3, -0.25) is 0 Å². The molecule has 0 aromatic heterocycles. The first-order valence-corrected chi connectivity index (χ1v) is 9.02. The maximum Gasteiger partial charge on any atom is 0.177 e. The van der Waals surface area contributed by atoms with Crippen LogP contribution in [-0.2, 0) is 9.84 Å². The van der Waals surface area contributed by atoms with E-state index >= 15 is 0 Å². The molecule has 0 saturated heterocycles. The molecule has 0 aliphatic heterocycles. The second kappa shape index (κ2) is 7.62. The number of thioether (sulfide) groups is 1. The number of aliphatic hydroxyl groups excluding tert-OH is 1. The molecule has 1 rings (SSSR count). The summed E-state index contributed by atoms with van der Waals surface area (Å²) < 4.78 is 23.0. The molecule has 1 aromatic rings. The molecular weight excluding hydrogens is 284 g/mol. The summed E-state index contributed by atoms with van der Waals surface area (Å²) in [4.78, 5) is 0.158. The van der Waals surface area contributed by atoms with Crippen molar-refractivity contribution >= 4 is 33.0 Å². The summed E-state index contributed by atoms with van der Waals surface area (Å²) in [6.07, 6.45) is 1.93. The molecule has 0 unspecified atom stereocenters. The van der Waals surface area contributed by atoms with Gasteiger partial charge in [-0.1, -0.05) is 6.07 Å². The molecule has 0 heterocycles. The Morgan fingerprint density at radius 1 is 1.37 bits per heavy atom. The maximum absolute atomic E-state index is 11.5. The van der Waals surface area contributed by atoms with Crippen molar-refractivity contribution in [2.75, 3.05) is 42.0 Å². The van der Waals surface area contributed by atoms with E-state index in [4.69, 9.17) is 10.8 Å². The number of para-hydroxylation sites is 1. The summed E-state index contributed by atoms with van der Waals surface area (Å²) in [5.74, 6) is 1.79. The molecule has 5 nitrogen and oxygen atoms in total. The molecule has 0 bridgehead atoms. The molecule has 0 radical (unpaired) electrons. The lowest BCUT2D eigenvalue weighted by Crippen LogP contribution is -2.10. The second-order valence-corrected chi connectivity index (χ2v) is 7.31. The lowest BCUT2D eigenvalue weighted by molar-refractivity contribution is 0.296. The SMILES string of the molecule is CS(=O)(=O)c1cccc(NCCSCCCO)c1N. The topological polar surface area (TPSA) is 92.4 Å². The molecule has 4 N–H and O–H groups in total. The summed E-state index contributed by atoms with van der Waals surface area (Å²) in [6, 6.07) is 4.95. The predicted molar refractivity (Wildman–Crippen MR) is 81.5 cm³/mol. The first kappa shape index (κ1) is 16.1. The van der Waals surface area contributed by atoms with E-state index < -0.39 is 9.84 Å². The maximum atomic E-state index is 11.5. The molecule has 0 aliphatic carbocycles. The number of rotatable bonds is 8. The third kappa shape index (κ3) is 5.30. The van der Waals surface area contributed by atoms with E-state index in [1.54, 1.807) is 23.9 Å². The van der Waals surface area contributed by atoms with E-state index in [-0.39, 0.29) is 17.2 Å². The fourth-order valence-corrected chi connectivity index (χ4v) is 3.17. The van der Waals surface area contributed by atoms with Crippen LogP contribution in [-0.4, -0.2) is 44.4 Å². The number of hydrogen-bond acceptors (Lipinski definition) is 6. The van der Waals surface area contributed by atoms with Gasteiger partial charge in [-0.25, -0.2) is 8.42 Å². The Labute approximate surface area is 118 Å². The van der Waals surface area contributed by atoms with Gasteiger partial charge in [0.25, 0.3) is 0 Å². The molecule has 0 amide bonds.